The lowest BCUT2D eigenvalue weighted by molar-refractivity contribution is 0.166. The molecule has 1 aromatic rings. The second-order valence-corrected chi connectivity index (χ2v) is 5.85. The van der Waals surface area contributed by atoms with E-state index in [9.17, 15) is 5.11 Å². The van der Waals surface area contributed by atoms with E-state index in [-0.39, 0.29) is 6.10 Å². The lowest BCUT2D eigenvalue weighted by Crippen LogP contribution is -2.05. The Hall–Kier alpha value is -0.760. The maximum Gasteiger partial charge on any atom is 0.0807 e. The van der Waals surface area contributed by atoms with Crippen molar-refractivity contribution < 1.29 is 5.11 Å². The minimum Gasteiger partial charge on any atom is -0.388 e. The Labute approximate surface area is 104 Å². The van der Waals surface area contributed by atoms with Crippen LogP contribution in [0.5, 0.6) is 0 Å². The molecule has 0 radical (unpaired) electrons. The number of fused-ring (bicyclic) bond motifs is 1. The molecule has 1 atom stereocenters. The van der Waals surface area contributed by atoms with Gasteiger partial charge in [-0.15, -0.1) is 0 Å². The summed E-state index contributed by atoms with van der Waals surface area (Å²) in [4.78, 5) is 0. The fourth-order valence-corrected chi connectivity index (χ4v) is 3.49. The third kappa shape index (κ3) is 2.42. The van der Waals surface area contributed by atoms with E-state index in [4.69, 9.17) is 0 Å². The molecule has 17 heavy (non-hydrogen) atoms. The van der Waals surface area contributed by atoms with Crippen molar-refractivity contribution in [3.05, 3.63) is 23.5 Å². The van der Waals surface area contributed by atoms with Gasteiger partial charge in [0.2, 0.25) is 0 Å². The van der Waals surface area contributed by atoms with Crippen LogP contribution in [0.1, 0.15) is 62.2 Å². The van der Waals surface area contributed by atoms with Crippen LogP contribution in [0.15, 0.2) is 12.4 Å². The molecule has 0 saturated heterocycles. The molecule has 0 spiro atoms. The van der Waals surface area contributed by atoms with Gasteiger partial charge in [0.1, 0.15) is 0 Å². The van der Waals surface area contributed by atoms with Gasteiger partial charge in [0.25, 0.3) is 0 Å². The highest BCUT2D eigenvalue weighted by Gasteiger charge is 2.20. The van der Waals surface area contributed by atoms with Crippen molar-refractivity contribution in [1.29, 1.82) is 0 Å². The first-order valence-corrected chi connectivity index (χ1v) is 7.19. The van der Waals surface area contributed by atoms with Crippen molar-refractivity contribution in [2.24, 2.45) is 5.92 Å². The summed E-state index contributed by atoms with van der Waals surface area (Å²) in [6, 6.07) is 0. The molecule has 0 bridgehead atoms. The van der Waals surface area contributed by atoms with Crippen molar-refractivity contribution >= 4 is 0 Å². The van der Waals surface area contributed by atoms with Crippen LogP contribution in [0, 0.1) is 5.92 Å². The molecule has 0 amide bonds. The summed E-state index contributed by atoms with van der Waals surface area (Å²) in [7, 11) is 0. The minimum atomic E-state index is -0.211. The van der Waals surface area contributed by atoms with Crippen LogP contribution >= 0.6 is 0 Å². The normalized spacial score (nSPS) is 25.8. The molecule has 94 valence electrons. The number of aromatic nitrogens is 1. The van der Waals surface area contributed by atoms with Gasteiger partial charge in [-0.1, -0.05) is 19.3 Å². The van der Waals surface area contributed by atoms with E-state index in [2.05, 4.69) is 17.0 Å². The minimum absolute atomic E-state index is 0.211. The Balaban J connectivity index is 1.75. The average molecular weight is 233 g/mol. The summed E-state index contributed by atoms with van der Waals surface area (Å²) in [5.74, 6) is 0.878. The van der Waals surface area contributed by atoms with Crippen molar-refractivity contribution in [3.8, 4) is 0 Å². The second-order valence-electron chi connectivity index (χ2n) is 5.85. The molecule has 1 heterocycles. The molecule has 2 aliphatic carbocycles. The van der Waals surface area contributed by atoms with Crippen molar-refractivity contribution in [2.75, 3.05) is 0 Å². The fourth-order valence-electron chi connectivity index (χ4n) is 3.49. The Bertz CT molecular complexity index is 376. The standard InChI is InChI=1S/C15H23NO/c17-15-8-4-3-7-13-10-16(11-14(13)15)9-12-5-1-2-6-12/h10-12,15,17H,1-9H2. The molecule has 2 nitrogen and oxygen atoms in total. The van der Waals surface area contributed by atoms with Gasteiger partial charge < -0.3 is 9.67 Å². The number of aryl methyl sites for hydroxylation is 1. The van der Waals surface area contributed by atoms with E-state index in [1.54, 1.807) is 0 Å². The number of hydrogen-bond donors (Lipinski definition) is 1. The van der Waals surface area contributed by atoms with Gasteiger partial charge in [-0.25, -0.2) is 0 Å². The summed E-state index contributed by atoms with van der Waals surface area (Å²) in [5.41, 5.74) is 2.61. The topological polar surface area (TPSA) is 25.2 Å². The van der Waals surface area contributed by atoms with Gasteiger partial charge >= 0.3 is 0 Å². The van der Waals surface area contributed by atoms with Gasteiger partial charge in [0.05, 0.1) is 6.10 Å². The molecule has 0 aromatic carbocycles. The van der Waals surface area contributed by atoms with E-state index in [0.717, 1.165) is 18.8 Å². The second kappa shape index (κ2) is 4.85. The Morgan fingerprint density at radius 1 is 1.06 bits per heavy atom. The van der Waals surface area contributed by atoms with Gasteiger partial charge in [0.15, 0.2) is 0 Å². The molecular formula is C15H23NO. The first-order valence-electron chi connectivity index (χ1n) is 7.19. The Morgan fingerprint density at radius 3 is 2.65 bits per heavy atom. The van der Waals surface area contributed by atoms with Crippen LogP contribution in [0.4, 0.5) is 0 Å². The van der Waals surface area contributed by atoms with Crippen LogP contribution in [0.2, 0.25) is 0 Å². The quantitative estimate of drug-likeness (QED) is 0.778. The molecular weight excluding hydrogens is 210 g/mol. The zero-order valence-electron chi connectivity index (χ0n) is 10.6. The van der Waals surface area contributed by atoms with Crippen LogP contribution in [0.3, 0.4) is 0 Å². The SMILES string of the molecule is OC1CCCCc2cn(CC3CCCC3)cc21. The summed E-state index contributed by atoms with van der Waals surface area (Å²) in [6.45, 7) is 1.17. The predicted molar refractivity (Wildman–Crippen MR) is 68.9 cm³/mol. The highest BCUT2D eigenvalue weighted by molar-refractivity contribution is 5.28. The zero-order valence-corrected chi connectivity index (χ0v) is 10.6. The van der Waals surface area contributed by atoms with E-state index >= 15 is 0 Å². The molecule has 1 unspecified atom stereocenters. The summed E-state index contributed by atoms with van der Waals surface area (Å²) < 4.78 is 2.34. The first kappa shape index (κ1) is 11.3. The lowest BCUT2D eigenvalue weighted by atomic mass is 10.1. The molecule has 1 aromatic heterocycles. The van der Waals surface area contributed by atoms with E-state index in [0.29, 0.717) is 0 Å². The molecule has 1 fully saturated rings. The smallest absolute Gasteiger partial charge is 0.0807 e. The molecule has 3 rings (SSSR count). The van der Waals surface area contributed by atoms with Gasteiger partial charge in [-0.2, -0.15) is 0 Å². The van der Waals surface area contributed by atoms with E-state index in [1.165, 1.54) is 56.2 Å². The number of aliphatic hydroxyl groups excluding tert-OH is 1. The average Bonchev–Trinajstić information content (AvgIpc) is 2.92. The summed E-state index contributed by atoms with van der Waals surface area (Å²) in [5, 5.41) is 10.1. The predicted octanol–water partition coefficient (Wildman–Crippen LogP) is 3.44. The maximum absolute atomic E-state index is 10.1. The maximum atomic E-state index is 10.1. The van der Waals surface area contributed by atoms with E-state index in [1.807, 2.05) is 0 Å². The number of aliphatic hydroxyl groups is 1. The van der Waals surface area contributed by atoms with Crippen molar-refractivity contribution in [3.63, 3.8) is 0 Å². The monoisotopic (exact) mass is 233 g/mol. The lowest BCUT2D eigenvalue weighted by Gasteiger charge is -2.10. The van der Waals surface area contributed by atoms with Crippen LogP contribution in [-0.2, 0) is 13.0 Å². The molecule has 2 aliphatic rings. The van der Waals surface area contributed by atoms with Crippen LogP contribution in [0.25, 0.3) is 0 Å². The molecule has 0 aliphatic heterocycles. The highest BCUT2D eigenvalue weighted by atomic mass is 16.3. The van der Waals surface area contributed by atoms with Gasteiger partial charge in [-0.05, 0) is 43.6 Å². The third-order valence-electron chi connectivity index (χ3n) is 4.47. The largest absolute Gasteiger partial charge is 0.388 e. The van der Waals surface area contributed by atoms with Gasteiger partial charge in [-0.3, -0.25) is 0 Å². The summed E-state index contributed by atoms with van der Waals surface area (Å²) in [6.07, 6.45) is 14.4. The van der Waals surface area contributed by atoms with Gasteiger partial charge in [0, 0.05) is 24.5 Å². The first-order chi connectivity index (χ1) is 8.33. The highest BCUT2D eigenvalue weighted by Crippen LogP contribution is 2.31. The Morgan fingerprint density at radius 2 is 1.82 bits per heavy atom. The fraction of sp³-hybridized carbons (Fsp3) is 0.733. The summed E-state index contributed by atoms with van der Waals surface area (Å²) >= 11 is 0. The zero-order chi connectivity index (χ0) is 11.7. The van der Waals surface area contributed by atoms with Crippen molar-refractivity contribution in [2.45, 2.75) is 64.0 Å². The number of hydrogen-bond acceptors (Lipinski definition) is 1. The number of rotatable bonds is 2. The molecule has 1 N–H and O–H groups in total. The van der Waals surface area contributed by atoms with Crippen LogP contribution < -0.4 is 0 Å². The van der Waals surface area contributed by atoms with E-state index < -0.39 is 0 Å². The Kier molecular flexibility index (Phi) is 3.24. The van der Waals surface area contributed by atoms with Crippen LogP contribution in [-0.4, -0.2) is 9.67 Å². The molecule has 2 heteroatoms. The van der Waals surface area contributed by atoms with Crippen molar-refractivity contribution in [1.82, 2.24) is 4.57 Å². The third-order valence-corrected chi connectivity index (χ3v) is 4.47. The molecule has 1 saturated carbocycles. The number of nitrogens with zero attached hydrogens (tertiary/aromatic N) is 1.